The summed E-state index contributed by atoms with van der Waals surface area (Å²) in [6.07, 6.45) is 6.94. The maximum absolute atomic E-state index is 11.7. The average Bonchev–Trinajstić information content (AvgIpc) is 2.90. The number of fused-ring (bicyclic) bond motifs is 1. The van der Waals surface area contributed by atoms with Gasteiger partial charge in [-0.15, -0.1) is 0 Å². The molecule has 5 heteroatoms. The van der Waals surface area contributed by atoms with Gasteiger partial charge in [0.25, 0.3) is 0 Å². The van der Waals surface area contributed by atoms with Crippen LogP contribution < -0.4 is 0 Å². The Kier molecular flexibility index (Phi) is 15.8. The van der Waals surface area contributed by atoms with E-state index < -0.39 is 13.3 Å². The minimum Gasteiger partial charge on any atom is 0 e. The van der Waals surface area contributed by atoms with Crippen molar-refractivity contribution in [3.63, 3.8) is 0 Å². The van der Waals surface area contributed by atoms with Gasteiger partial charge >= 0.3 is 155 Å². The second-order valence-corrected chi connectivity index (χ2v) is 24.1. The average molecular weight is 796 g/mol. The number of allylic oxidation sites excluding steroid dienone is 2. The number of nitrogens with zero attached hydrogens (tertiary/aromatic N) is 1. The molecule has 0 unspecified atom stereocenters. The van der Waals surface area contributed by atoms with Crippen LogP contribution in [0.15, 0.2) is 54.4 Å². The molecule has 0 bridgehead atoms. The Hall–Kier alpha value is -1.75. The third-order valence-corrected chi connectivity index (χ3v) is 10.7. The molecule has 0 spiro atoms. The third kappa shape index (κ3) is 11.1. The SMILES string of the molecule is CCC(CC)C(=O)/C=C(\O)C(CC)CC.Cc1cnc(-c2[c-]c3ccccc3c(C(C)C)c2)cc1[CH2][Ge]([CH3])([CH3])[CH3].[Ir]. The summed E-state index contributed by atoms with van der Waals surface area (Å²) in [7, 11) is 0. The summed E-state index contributed by atoms with van der Waals surface area (Å²) in [6, 6.07) is 16.7. The topological polar surface area (TPSA) is 50.2 Å². The summed E-state index contributed by atoms with van der Waals surface area (Å²) in [5, 5.41) is 13.5. The zero-order chi connectivity index (χ0) is 30.0. The van der Waals surface area contributed by atoms with Crippen LogP contribution in [0, 0.1) is 24.8 Å². The molecule has 3 rings (SSSR count). The van der Waals surface area contributed by atoms with Gasteiger partial charge in [-0.3, -0.25) is 4.79 Å². The van der Waals surface area contributed by atoms with Crippen LogP contribution in [0.2, 0.25) is 17.3 Å². The first-order chi connectivity index (χ1) is 18.8. The molecule has 0 saturated heterocycles. The first kappa shape index (κ1) is 37.3. The van der Waals surface area contributed by atoms with Crippen LogP contribution in [0.25, 0.3) is 22.0 Å². The van der Waals surface area contributed by atoms with Crippen molar-refractivity contribution in [2.24, 2.45) is 11.8 Å². The maximum Gasteiger partial charge on any atom is 0 e. The molecule has 227 valence electrons. The van der Waals surface area contributed by atoms with Crippen molar-refractivity contribution in [3.8, 4) is 11.3 Å². The van der Waals surface area contributed by atoms with E-state index in [2.05, 4.69) is 80.5 Å². The van der Waals surface area contributed by atoms with E-state index in [1.807, 2.05) is 33.9 Å². The fourth-order valence-electron chi connectivity index (χ4n) is 5.13. The van der Waals surface area contributed by atoms with Crippen molar-refractivity contribution in [3.05, 3.63) is 77.2 Å². The van der Waals surface area contributed by atoms with Crippen molar-refractivity contribution in [1.29, 1.82) is 0 Å². The number of ketones is 1. The molecule has 1 heterocycles. The first-order valence-corrected chi connectivity index (χ1v) is 23.0. The van der Waals surface area contributed by atoms with Gasteiger partial charge in [-0.2, -0.15) is 0 Å². The number of rotatable bonds is 11. The summed E-state index contributed by atoms with van der Waals surface area (Å²) < 4.78 is 0. The molecule has 0 aliphatic carbocycles. The molecule has 2 aromatic carbocycles. The molecule has 3 nitrogen and oxygen atoms in total. The van der Waals surface area contributed by atoms with Crippen molar-refractivity contribution in [1.82, 2.24) is 4.98 Å². The zero-order valence-electron chi connectivity index (χ0n) is 27.0. The van der Waals surface area contributed by atoms with Crippen LogP contribution in [0.3, 0.4) is 0 Å². The first-order valence-electron chi connectivity index (χ1n) is 15.2. The van der Waals surface area contributed by atoms with Gasteiger partial charge in [0.1, 0.15) is 0 Å². The minimum atomic E-state index is -1.66. The van der Waals surface area contributed by atoms with E-state index >= 15 is 0 Å². The Morgan fingerprint density at radius 1 is 0.976 bits per heavy atom. The largest absolute Gasteiger partial charge is 0 e. The standard InChI is InChI=1S/C23H28GeN.C13H24O2.Ir/c1-16(2)22-12-19(11-18-9-7-8-10-21(18)22)23-13-20(14-24(4,5)6)17(3)15-25-23;1-5-10(6-2)12(14)9-13(15)11(7-3)8-4;/h7-10,12-13,15-16H,14H2,1-6H3;9-11,14H,5-8H2,1-4H3;/q-1;;/b;12-9-;. The van der Waals surface area contributed by atoms with Crippen molar-refractivity contribution in [2.45, 2.75) is 103 Å². The predicted molar refractivity (Wildman–Crippen MR) is 176 cm³/mol. The summed E-state index contributed by atoms with van der Waals surface area (Å²) in [6.45, 7) is 14.8. The molecule has 0 atom stereocenters. The number of aliphatic hydroxyl groups is 1. The van der Waals surface area contributed by atoms with Gasteiger partial charge in [-0.1, -0.05) is 27.7 Å². The van der Waals surface area contributed by atoms with Crippen molar-refractivity contribution >= 4 is 29.8 Å². The number of pyridine rings is 1. The molecule has 0 amide bonds. The number of aryl methyl sites for hydroxylation is 1. The number of carbonyl (C=O) groups excluding carboxylic acids is 1. The molecule has 0 saturated carbocycles. The number of benzene rings is 2. The Morgan fingerprint density at radius 2 is 1.56 bits per heavy atom. The van der Waals surface area contributed by atoms with Gasteiger partial charge in [-0.05, 0) is 25.7 Å². The molecule has 3 aromatic rings. The number of aromatic nitrogens is 1. The van der Waals surface area contributed by atoms with Crippen LogP contribution >= 0.6 is 0 Å². The van der Waals surface area contributed by atoms with Gasteiger partial charge < -0.3 is 5.11 Å². The zero-order valence-corrected chi connectivity index (χ0v) is 31.5. The molecular formula is C36H52GeIrNO2-. The van der Waals surface area contributed by atoms with Crippen LogP contribution in [-0.4, -0.2) is 29.1 Å². The van der Waals surface area contributed by atoms with Crippen LogP contribution in [0.4, 0.5) is 0 Å². The van der Waals surface area contributed by atoms with Gasteiger partial charge in [0, 0.05) is 38.0 Å². The Balaban J connectivity index is 0.000000456. The van der Waals surface area contributed by atoms with E-state index in [4.69, 9.17) is 4.98 Å². The second-order valence-electron chi connectivity index (χ2n) is 12.6. The fraction of sp³-hybridized carbons (Fsp3) is 0.500. The van der Waals surface area contributed by atoms with E-state index in [0.717, 1.165) is 36.9 Å². The van der Waals surface area contributed by atoms with Crippen LogP contribution in [0.5, 0.6) is 0 Å². The van der Waals surface area contributed by atoms with Crippen LogP contribution in [0.1, 0.15) is 89.8 Å². The molecule has 1 N–H and O–H groups in total. The smallest absolute Gasteiger partial charge is 0 e. The third-order valence-electron chi connectivity index (χ3n) is 7.72. The molecule has 41 heavy (non-hydrogen) atoms. The van der Waals surface area contributed by atoms with Gasteiger partial charge in [0.05, 0.1) is 5.76 Å². The minimum absolute atomic E-state index is 0. The summed E-state index contributed by atoms with van der Waals surface area (Å²) >= 11 is -1.66. The fourth-order valence-corrected chi connectivity index (χ4v) is 8.32. The monoisotopic (exact) mass is 797 g/mol. The van der Waals surface area contributed by atoms with Crippen molar-refractivity contribution < 1.29 is 30.0 Å². The van der Waals surface area contributed by atoms with Gasteiger partial charge in [0.2, 0.25) is 0 Å². The number of aliphatic hydroxyl groups excluding tert-OH is 1. The predicted octanol–water partition coefficient (Wildman–Crippen LogP) is 10.4. The van der Waals surface area contributed by atoms with E-state index in [-0.39, 0.29) is 43.5 Å². The molecular weight excluding hydrogens is 743 g/mol. The van der Waals surface area contributed by atoms with E-state index in [0.29, 0.717) is 5.92 Å². The Bertz CT molecular complexity index is 1280. The quantitative estimate of drug-likeness (QED) is 0.0910. The second kappa shape index (κ2) is 17.4. The Labute approximate surface area is 266 Å². The molecule has 1 aromatic heterocycles. The van der Waals surface area contributed by atoms with E-state index in [9.17, 15) is 9.90 Å². The normalized spacial score (nSPS) is 12.0. The summed E-state index contributed by atoms with van der Waals surface area (Å²) in [5.41, 5.74) is 6.33. The molecule has 1 radical (unpaired) electrons. The molecule has 0 aliphatic heterocycles. The van der Waals surface area contributed by atoms with Crippen LogP contribution in [-0.2, 0) is 30.2 Å². The van der Waals surface area contributed by atoms with E-state index in [1.165, 1.54) is 38.8 Å². The molecule has 0 fully saturated rings. The van der Waals surface area contributed by atoms with Gasteiger partial charge in [-0.25, -0.2) is 0 Å². The van der Waals surface area contributed by atoms with E-state index in [1.54, 1.807) is 0 Å². The summed E-state index contributed by atoms with van der Waals surface area (Å²) in [5.74, 6) is 8.44. The summed E-state index contributed by atoms with van der Waals surface area (Å²) in [4.78, 5) is 16.5. The van der Waals surface area contributed by atoms with Gasteiger partial charge in [0.15, 0.2) is 5.78 Å². The Morgan fingerprint density at radius 3 is 2.10 bits per heavy atom. The maximum atomic E-state index is 11.7. The number of carbonyl (C=O) groups is 1. The number of hydrogen-bond donors (Lipinski definition) is 1. The number of hydrogen-bond acceptors (Lipinski definition) is 3. The molecule has 0 aliphatic rings. The van der Waals surface area contributed by atoms with Crippen molar-refractivity contribution in [2.75, 3.05) is 0 Å².